The maximum absolute atomic E-state index is 12.5. The molecule has 0 amide bonds. The van der Waals surface area contributed by atoms with Crippen molar-refractivity contribution in [3.8, 4) is 0 Å². The second kappa shape index (κ2) is 8.19. The predicted molar refractivity (Wildman–Crippen MR) is 113 cm³/mol. The van der Waals surface area contributed by atoms with E-state index in [1.54, 1.807) is 36.0 Å². The quantitative estimate of drug-likeness (QED) is 0.616. The van der Waals surface area contributed by atoms with Crippen LogP contribution in [-0.4, -0.2) is 22.4 Å². The number of carbonyl (C=O) groups excluding carboxylic acids is 2. The predicted octanol–water partition coefficient (Wildman–Crippen LogP) is 5.35. The van der Waals surface area contributed by atoms with Crippen LogP contribution in [0.5, 0.6) is 0 Å². The topological polar surface area (TPSA) is 43.4 Å². The highest BCUT2D eigenvalue weighted by Gasteiger charge is 2.27. The van der Waals surface area contributed by atoms with Gasteiger partial charge in [-0.2, -0.15) is 0 Å². The monoisotopic (exact) mass is 396 g/mol. The third kappa shape index (κ3) is 4.54. The van der Waals surface area contributed by atoms with Gasteiger partial charge in [-0.25, -0.2) is 0 Å². The van der Waals surface area contributed by atoms with Crippen LogP contribution in [0.25, 0.3) is 0 Å². The second-order valence-corrected chi connectivity index (χ2v) is 9.17. The Morgan fingerprint density at radius 1 is 1.00 bits per heavy atom. The number of benzene rings is 2. The first-order chi connectivity index (χ1) is 12.9. The number of Topliss-reactive ketones (excluding diaryl/α,β-unsaturated/α-hetero) is 1. The first kappa shape index (κ1) is 19.5. The van der Waals surface area contributed by atoms with Crippen molar-refractivity contribution < 1.29 is 14.3 Å². The summed E-state index contributed by atoms with van der Waals surface area (Å²) in [7, 11) is 0. The van der Waals surface area contributed by atoms with Gasteiger partial charge < -0.3 is 4.74 Å². The molecule has 3 nitrogen and oxygen atoms in total. The molecule has 1 aliphatic rings. The van der Waals surface area contributed by atoms with E-state index in [0.717, 1.165) is 4.20 Å². The SMILES string of the molecule is CC(C)(SC(=S)CCOC1=CC(=O)c2ccccc2C1=O)c1ccccc1. The molecule has 0 spiro atoms. The molecule has 1 aliphatic carbocycles. The number of fused-ring (bicyclic) bond motifs is 1. The van der Waals surface area contributed by atoms with Gasteiger partial charge >= 0.3 is 0 Å². The fourth-order valence-electron chi connectivity index (χ4n) is 2.88. The van der Waals surface area contributed by atoms with E-state index in [0.29, 0.717) is 17.5 Å². The molecule has 27 heavy (non-hydrogen) atoms. The van der Waals surface area contributed by atoms with Gasteiger partial charge in [0.2, 0.25) is 5.78 Å². The molecular formula is C22H20O3S2. The minimum absolute atomic E-state index is 0.0915. The lowest BCUT2D eigenvalue weighted by atomic mass is 9.94. The van der Waals surface area contributed by atoms with Crippen molar-refractivity contribution in [2.24, 2.45) is 0 Å². The summed E-state index contributed by atoms with van der Waals surface area (Å²) < 4.78 is 6.26. The number of thioether (sulfide) groups is 1. The Balaban J connectivity index is 1.56. The van der Waals surface area contributed by atoms with Gasteiger partial charge in [0.05, 0.1) is 10.8 Å². The molecule has 0 saturated carbocycles. The van der Waals surface area contributed by atoms with Gasteiger partial charge in [0.25, 0.3) is 0 Å². The average Bonchev–Trinajstić information content (AvgIpc) is 2.66. The molecule has 2 aromatic carbocycles. The number of hydrogen-bond acceptors (Lipinski definition) is 5. The van der Waals surface area contributed by atoms with Crippen molar-refractivity contribution in [3.05, 3.63) is 83.1 Å². The zero-order valence-electron chi connectivity index (χ0n) is 15.2. The molecule has 0 N–H and O–H groups in total. The largest absolute Gasteiger partial charge is 0.489 e. The van der Waals surface area contributed by atoms with Gasteiger partial charge in [0.15, 0.2) is 11.5 Å². The Labute approximate surface area is 168 Å². The van der Waals surface area contributed by atoms with Crippen LogP contribution in [0.2, 0.25) is 0 Å². The first-order valence-corrected chi connectivity index (χ1v) is 9.91. The Hall–Kier alpha value is -2.24. The fraction of sp³-hybridized carbons (Fsp3) is 0.227. The van der Waals surface area contributed by atoms with Gasteiger partial charge in [0, 0.05) is 28.4 Å². The molecule has 3 rings (SSSR count). The Bertz CT molecular complexity index is 914. The molecule has 5 heteroatoms. The number of carbonyl (C=O) groups is 2. The van der Waals surface area contributed by atoms with E-state index >= 15 is 0 Å². The molecule has 0 aliphatic heterocycles. The molecule has 0 heterocycles. The van der Waals surface area contributed by atoms with Crippen LogP contribution in [0.4, 0.5) is 0 Å². The smallest absolute Gasteiger partial charge is 0.228 e. The summed E-state index contributed by atoms with van der Waals surface area (Å²) in [5.74, 6) is -0.371. The van der Waals surface area contributed by atoms with Crippen LogP contribution in [0.15, 0.2) is 66.4 Å². The van der Waals surface area contributed by atoms with Gasteiger partial charge in [-0.3, -0.25) is 9.59 Å². The minimum atomic E-state index is -0.256. The Morgan fingerprint density at radius 3 is 2.33 bits per heavy atom. The summed E-state index contributed by atoms with van der Waals surface area (Å²) in [4.78, 5) is 24.6. The molecule has 138 valence electrons. The maximum atomic E-state index is 12.5. The lowest BCUT2D eigenvalue weighted by molar-refractivity contribution is 0.0888. The molecule has 0 unspecified atom stereocenters. The molecule has 0 aromatic heterocycles. The summed E-state index contributed by atoms with van der Waals surface area (Å²) in [6.07, 6.45) is 1.80. The Morgan fingerprint density at radius 2 is 1.63 bits per heavy atom. The molecule has 0 radical (unpaired) electrons. The van der Waals surface area contributed by atoms with E-state index in [2.05, 4.69) is 26.0 Å². The molecular weight excluding hydrogens is 376 g/mol. The van der Waals surface area contributed by atoms with Crippen LogP contribution in [-0.2, 0) is 9.48 Å². The first-order valence-electron chi connectivity index (χ1n) is 8.68. The van der Waals surface area contributed by atoms with Crippen LogP contribution >= 0.6 is 24.0 Å². The normalized spacial score (nSPS) is 13.8. The van der Waals surface area contributed by atoms with Crippen molar-refractivity contribution in [1.82, 2.24) is 0 Å². The zero-order chi connectivity index (χ0) is 19.4. The van der Waals surface area contributed by atoms with E-state index < -0.39 is 0 Å². The highest BCUT2D eigenvalue weighted by molar-refractivity contribution is 8.23. The maximum Gasteiger partial charge on any atom is 0.228 e. The van der Waals surface area contributed by atoms with Crippen molar-refractivity contribution in [3.63, 3.8) is 0 Å². The number of thiocarbonyl (C=S) groups is 1. The van der Waals surface area contributed by atoms with E-state index in [4.69, 9.17) is 17.0 Å². The van der Waals surface area contributed by atoms with Crippen molar-refractivity contribution >= 4 is 39.7 Å². The number of hydrogen-bond donors (Lipinski definition) is 0. The molecule has 0 saturated heterocycles. The summed E-state index contributed by atoms with van der Waals surface area (Å²) in [6, 6.07) is 17.0. The van der Waals surface area contributed by atoms with Gasteiger partial charge in [-0.15, -0.1) is 11.8 Å². The summed E-state index contributed by atoms with van der Waals surface area (Å²) in [5.41, 5.74) is 2.01. The number of ketones is 2. The number of allylic oxidation sites excluding steroid dienone is 2. The molecule has 0 atom stereocenters. The number of rotatable bonds is 6. The van der Waals surface area contributed by atoms with E-state index in [-0.39, 0.29) is 28.7 Å². The van der Waals surface area contributed by atoms with E-state index in [1.807, 2.05) is 18.2 Å². The fourth-order valence-corrected chi connectivity index (χ4v) is 4.59. The summed E-state index contributed by atoms with van der Waals surface area (Å²) >= 11 is 7.11. The molecule has 0 fully saturated rings. The number of ether oxygens (including phenoxy) is 1. The lowest BCUT2D eigenvalue weighted by Gasteiger charge is -2.25. The Kier molecular flexibility index (Phi) is 5.92. The summed E-state index contributed by atoms with van der Waals surface area (Å²) in [5, 5.41) is 0. The second-order valence-electron chi connectivity index (χ2n) is 6.70. The highest BCUT2D eigenvalue weighted by atomic mass is 32.2. The molecule has 0 bridgehead atoms. The van der Waals surface area contributed by atoms with E-state index in [9.17, 15) is 9.59 Å². The van der Waals surface area contributed by atoms with Crippen LogP contribution < -0.4 is 0 Å². The van der Waals surface area contributed by atoms with Crippen LogP contribution in [0, 0.1) is 0 Å². The third-order valence-electron chi connectivity index (χ3n) is 4.32. The van der Waals surface area contributed by atoms with Gasteiger partial charge in [0.1, 0.15) is 0 Å². The lowest BCUT2D eigenvalue weighted by Crippen LogP contribution is -2.19. The third-order valence-corrected chi connectivity index (χ3v) is 5.96. The van der Waals surface area contributed by atoms with Gasteiger partial charge in [-0.1, -0.05) is 66.8 Å². The minimum Gasteiger partial charge on any atom is -0.489 e. The van der Waals surface area contributed by atoms with E-state index in [1.165, 1.54) is 11.6 Å². The average molecular weight is 397 g/mol. The van der Waals surface area contributed by atoms with Crippen molar-refractivity contribution in [2.45, 2.75) is 25.0 Å². The van der Waals surface area contributed by atoms with Crippen molar-refractivity contribution in [1.29, 1.82) is 0 Å². The van der Waals surface area contributed by atoms with Crippen molar-refractivity contribution in [2.75, 3.05) is 6.61 Å². The van der Waals surface area contributed by atoms with Gasteiger partial charge in [-0.05, 0) is 19.4 Å². The standard InChI is InChI=1S/C22H20O3S2/c1-22(2,15-8-4-3-5-9-15)27-20(26)12-13-25-19-14-18(23)16-10-6-7-11-17(16)21(19)24/h3-11,14H,12-13H2,1-2H3. The van der Waals surface area contributed by atoms with Crippen LogP contribution in [0.3, 0.4) is 0 Å². The van der Waals surface area contributed by atoms with Crippen LogP contribution in [0.1, 0.15) is 46.5 Å². The highest BCUT2D eigenvalue weighted by Crippen LogP contribution is 2.37. The zero-order valence-corrected chi connectivity index (χ0v) is 16.9. The molecule has 2 aromatic rings. The summed E-state index contributed by atoms with van der Waals surface area (Å²) in [6.45, 7) is 4.52.